The van der Waals surface area contributed by atoms with Gasteiger partial charge in [-0.1, -0.05) is 31.2 Å². The molecule has 128 valence electrons. The number of fused-ring (bicyclic) bond motifs is 1. The Hall–Kier alpha value is -3.15. The van der Waals surface area contributed by atoms with Crippen molar-refractivity contribution in [2.24, 2.45) is 0 Å². The zero-order valence-corrected chi connectivity index (χ0v) is 14.4. The number of anilines is 1. The van der Waals surface area contributed by atoms with Crippen LogP contribution in [0.2, 0.25) is 0 Å². The molecule has 0 saturated heterocycles. The van der Waals surface area contributed by atoms with Gasteiger partial charge in [0.05, 0.1) is 10.1 Å². The summed E-state index contributed by atoms with van der Waals surface area (Å²) in [5, 5.41) is 15.2. The fraction of sp³-hybridized carbons (Fsp3) is 0.211. The van der Waals surface area contributed by atoms with E-state index in [2.05, 4.69) is 5.32 Å². The molecular formula is C19H19N3O3. The first-order chi connectivity index (χ1) is 11.9. The highest BCUT2D eigenvalue weighted by molar-refractivity contribution is 6.03. The van der Waals surface area contributed by atoms with Crippen LogP contribution in [0, 0.1) is 24.0 Å². The Bertz CT molecular complexity index is 1040. The number of aromatic nitrogens is 2. The Kier molecular flexibility index (Phi) is 4.27. The number of carbonyl (C=O) groups excluding carboxylic acids is 1. The third-order valence-electron chi connectivity index (χ3n) is 4.28. The molecule has 1 amide bonds. The second-order valence-corrected chi connectivity index (χ2v) is 5.98. The van der Waals surface area contributed by atoms with Crippen LogP contribution in [-0.4, -0.2) is 10.6 Å². The summed E-state index contributed by atoms with van der Waals surface area (Å²) >= 11 is 0. The predicted molar refractivity (Wildman–Crippen MR) is 97.3 cm³/mol. The lowest BCUT2D eigenvalue weighted by molar-refractivity contribution is -0.468. The van der Waals surface area contributed by atoms with Crippen molar-refractivity contribution < 1.29 is 9.22 Å². The molecular weight excluding hydrogens is 318 g/mol. The molecule has 0 atom stereocenters. The van der Waals surface area contributed by atoms with Crippen LogP contribution in [0.1, 0.15) is 34.2 Å². The van der Waals surface area contributed by atoms with Gasteiger partial charge in [0, 0.05) is 16.7 Å². The van der Waals surface area contributed by atoms with Crippen LogP contribution in [0.5, 0.6) is 0 Å². The third kappa shape index (κ3) is 2.87. The number of rotatable bonds is 3. The number of carbonyl (C=O) groups is 1. The molecule has 2 aromatic carbocycles. The molecule has 0 unspecified atom stereocenters. The van der Waals surface area contributed by atoms with Crippen molar-refractivity contribution in [1.82, 2.24) is 4.73 Å². The second kappa shape index (κ2) is 6.39. The van der Waals surface area contributed by atoms with Crippen LogP contribution >= 0.6 is 0 Å². The lowest BCUT2D eigenvalue weighted by atomic mass is 10.1. The van der Waals surface area contributed by atoms with Gasteiger partial charge in [-0.3, -0.25) is 4.79 Å². The van der Waals surface area contributed by atoms with E-state index in [9.17, 15) is 14.9 Å². The number of amides is 1. The maximum absolute atomic E-state index is 12.7. The normalized spacial score (nSPS) is 10.8. The summed E-state index contributed by atoms with van der Waals surface area (Å²) in [6.07, 6.45) is 0.741. The molecule has 0 aliphatic carbocycles. The van der Waals surface area contributed by atoms with Crippen LogP contribution in [-0.2, 0) is 6.42 Å². The second-order valence-electron chi connectivity index (χ2n) is 5.98. The number of benzene rings is 2. The number of nitrogens with zero attached hydrogens (tertiary/aromatic N) is 2. The minimum absolute atomic E-state index is 0.0674. The Morgan fingerprint density at radius 1 is 1.20 bits per heavy atom. The molecule has 0 fully saturated rings. The molecule has 25 heavy (non-hydrogen) atoms. The van der Waals surface area contributed by atoms with Crippen molar-refractivity contribution in [3.05, 3.63) is 75.1 Å². The van der Waals surface area contributed by atoms with Gasteiger partial charge < -0.3 is 15.3 Å². The van der Waals surface area contributed by atoms with Gasteiger partial charge in [-0.2, -0.15) is 0 Å². The lowest BCUT2D eigenvalue weighted by Crippen LogP contribution is -2.33. The number of hydrogen-bond acceptors (Lipinski definition) is 3. The van der Waals surface area contributed by atoms with Gasteiger partial charge >= 0.3 is 11.6 Å². The molecule has 0 aliphatic rings. The highest BCUT2D eigenvalue weighted by Gasteiger charge is 2.27. The Labute approximate surface area is 144 Å². The highest BCUT2D eigenvalue weighted by atomic mass is 16.5. The smallest absolute Gasteiger partial charge is 0.346 e. The van der Waals surface area contributed by atoms with Crippen molar-refractivity contribution in [2.45, 2.75) is 27.2 Å². The van der Waals surface area contributed by atoms with Gasteiger partial charge in [-0.15, -0.1) is 0 Å². The van der Waals surface area contributed by atoms with Gasteiger partial charge in [-0.05, 0) is 43.5 Å². The van der Waals surface area contributed by atoms with Crippen molar-refractivity contribution in [2.75, 3.05) is 5.32 Å². The molecule has 0 aliphatic heterocycles. The zero-order valence-electron chi connectivity index (χ0n) is 14.4. The van der Waals surface area contributed by atoms with E-state index in [-0.39, 0.29) is 22.4 Å². The summed E-state index contributed by atoms with van der Waals surface area (Å²) in [6, 6.07) is 12.3. The van der Waals surface area contributed by atoms with Crippen molar-refractivity contribution >= 4 is 22.6 Å². The summed E-state index contributed by atoms with van der Waals surface area (Å²) in [4.78, 5) is 25.5. The molecule has 0 radical (unpaired) electrons. The van der Waals surface area contributed by atoms with Crippen LogP contribution in [0.25, 0.3) is 11.0 Å². The molecule has 3 rings (SSSR count). The average Bonchev–Trinajstić information content (AvgIpc) is 2.60. The molecule has 1 heterocycles. The maximum atomic E-state index is 12.7. The minimum Gasteiger partial charge on any atom is -0.805 e. The van der Waals surface area contributed by atoms with Gasteiger partial charge in [0.15, 0.2) is 0 Å². The van der Waals surface area contributed by atoms with Crippen LogP contribution in [0.3, 0.4) is 0 Å². The summed E-state index contributed by atoms with van der Waals surface area (Å²) < 4.78 is 1.17. The monoisotopic (exact) mass is 337 g/mol. The SMILES string of the molecule is CCc1ccccc1NC(=O)c1c(C)n([O-])c2ccc(C)cc2[n+]1=O. The van der Waals surface area contributed by atoms with Crippen LogP contribution < -0.4 is 9.74 Å². The average molecular weight is 337 g/mol. The first kappa shape index (κ1) is 16.7. The highest BCUT2D eigenvalue weighted by Crippen LogP contribution is 2.19. The molecule has 6 nitrogen and oxygen atoms in total. The molecule has 0 saturated carbocycles. The molecule has 1 N–H and O–H groups in total. The first-order valence-electron chi connectivity index (χ1n) is 8.09. The van der Waals surface area contributed by atoms with E-state index in [1.807, 2.05) is 32.0 Å². The van der Waals surface area contributed by atoms with Crippen molar-refractivity contribution in [3.63, 3.8) is 0 Å². The molecule has 0 spiro atoms. The topological polar surface area (TPSA) is 80.1 Å². The Balaban J connectivity index is 2.15. The van der Waals surface area contributed by atoms with E-state index >= 15 is 0 Å². The number of para-hydroxylation sites is 1. The van der Waals surface area contributed by atoms with Gasteiger partial charge in [0.25, 0.3) is 5.52 Å². The van der Waals surface area contributed by atoms with E-state index in [1.165, 1.54) is 6.92 Å². The number of nitrogens with one attached hydrogen (secondary N) is 1. The van der Waals surface area contributed by atoms with E-state index in [1.54, 1.807) is 24.3 Å². The standard InChI is InChI=1S/C19H19N3O3/c1-4-14-7-5-6-8-15(14)20-19(23)18-13(3)21(24)16-10-9-12(2)11-17(16)22(18)25/h5-11H,4H2,1-3H3,(H,20,23). The molecule has 3 aromatic rings. The van der Waals surface area contributed by atoms with E-state index in [4.69, 9.17) is 0 Å². The lowest BCUT2D eigenvalue weighted by Gasteiger charge is -2.16. The fourth-order valence-corrected chi connectivity index (χ4v) is 2.90. The number of hydrogen-bond donors (Lipinski definition) is 1. The van der Waals surface area contributed by atoms with E-state index in [0.717, 1.165) is 17.5 Å². The third-order valence-corrected chi connectivity index (χ3v) is 4.28. The molecule has 1 aromatic heterocycles. The quantitative estimate of drug-likeness (QED) is 0.744. The summed E-state index contributed by atoms with van der Waals surface area (Å²) in [6.45, 7) is 5.28. The Morgan fingerprint density at radius 2 is 1.92 bits per heavy atom. The Morgan fingerprint density at radius 3 is 2.64 bits per heavy atom. The van der Waals surface area contributed by atoms with Gasteiger partial charge in [0.2, 0.25) is 0 Å². The minimum atomic E-state index is -0.596. The zero-order chi connectivity index (χ0) is 18.1. The first-order valence-corrected chi connectivity index (χ1v) is 8.09. The summed E-state index contributed by atoms with van der Waals surface area (Å²) in [5.74, 6) is -0.596. The number of aryl methyl sites for hydroxylation is 2. The fourth-order valence-electron chi connectivity index (χ4n) is 2.90. The van der Waals surface area contributed by atoms with Gasteiger partial charge in [0.1, 0.15) is 5.52 Å². The largest absolute Gasteiger partial charge is 0.805 e. The van der Waals surface area contributed by atoms with Crippen molar-refractivity contribution in [1.29, 1.82) is 0 Å². The van der Waals surface area contributed by atoms with Crippen LogP contribution in [0.4, 0.5) is 5.69 Å². The van der Waals surface area contributed by atoms with Crippen molar-refractivity contribution in [3.8, 4) is 0 Å². The summed E-state index contributed by atoms with van der Waals surface area (Å²) in [7, 11) is 0. The molecule has 0 bridgehead atoms. The van der Waals surface area contributed by atoms with E-state index < -0.39 is 5.91 Å². The van der Waals surface area contributed by atoms with Gasteiger partial charge in [-0.25, -0.2) is 0 Å². The summed E-state index contributed by atoms with van der Waals surface area (Å²) in [5.41, 5.74) is 2.72. The predicted octanol–water partition coefficient (Wildman–Crippen LogP) is 3.33. The van der Waals surface area contributed by atoms with E-state index in [0.29, 0.717) is 14.8 Å². The van der Waals surface area contributed by atoms with Crippen LogP contribution in [0.15, 0.2) is 42.5 Å². The molecule has 6 heteroatoms. The maximum Gasteiger partial charge on any atom is 0.346 e.